The van der Waals surface area contributed by atoms with E-state index in [0.717, 1.165) is 0 Å². The summed E-state index contributed by atoms with van der Waals surface area (Å²) in [6.07, 6.45) is 0.969. The maximum Gasteiger partial charge on any atom is 0.149 e. The van der Waals surface area contributed by atoms with Crippen molar-refractivity contribution in [1.82, 2.24) is 10.3 Å². The van der Waals surface area contributed by atoms with Crippen LogP contribution in [-0.4, -0.2) is 16.3 Å². The van der Waals surface area contributed by atoms with Crippen LogP contribution in [0.3, 0.4) is 0 Å². The summed E-state index contributed by atoms with van der Waals surface area (Å²) in [5.41, 5.74) is 0. The van der Waals surface area contributed by atoms with E-state index in [2.05, 4.69) is 10.3 Å². The van der Waals surface area contributed by atoms with Crippen LogP contribution < -0.4 is 5.32 Å². The van der Waals surface area contributed by atoms with Gasteiger partial charge in [0.15, 0.2) is 0 Å². The summed E-state index contributed by atoms with van der Waals surface area (Å²) in [7, 11) is 0. The van der Waals surface area contributed by atoms with Crippen LogP contribution in [0.15, 0.2) is 24.4 Å². The Labute approximate surface area is 59.7 Å². The van der Waals surface area contributed by atoms with Crippen LogP contribution in [0.25, 0.3) is 0 Å². The molecule has 1 atom stereocenters. The lowest BCUT2D eigenvalue weighted by atomic mass is 10.4. The highest BCUT2D eigenvalue weighted by atomic mass is 16.3. The molecule has 0 aliphatic rings. The predicted molar refractivity (Wildman–Crippen MR) is 37.7 cm³/mol. The number of hydrogen-bond donors (Lipinski definition) is 1. The molecule has 0 spiro atoms. The topological polar surface area (TPSA) is 47.2 Å². The summed E-state index contributed by atoms with van der Waals surface area (Å²) in [5, 5.41) is 12.6. The highest BCUT2D eigenvalue weighted by Gasteiger charge is 1.96. The standard InChI is InChI=1S/C7H9N2O/c1-6(10)9-7-4-2-3-5-8-7/h2-6,10H,1H3. The lowest BCUT2D eigenvalue weighted by Crippen LogP contribution is -2.12. The van der Waals surface area contributed by atoms with Crippen LogP contribution in [-0.2, 0) is 0 Å². The summed E-state index contributed by atoms with van der Waals surface area (Å²) in [4.78, 5) is 3.89. The fourth-order valence-corrected chi connectivity index (χ4v) is 0.622. The van der Waals surface area contributed by atoms with Gasteiger partial charge in [-0.2, -0.15) is 0 Å². The van der Waals surface area contributed by atoms with Crippen molar-refractivity contribution in [3.05, 3.63) is 24.4 Å². The molecule has 1 radical (unpaired) electrons. The average Bonchev–Trinajstić information content (AvgIpc) is 1.88. The summed E-state index contributed by atoms with van der Waals surface area (Å²) in [6.45, 7) is 1.59. The first-order chi connectivity index (χ1) is 4.79. The van der Waals surface area contributed by atoms with Gasteiger partial charge in [-0.05, 0) is 19.1 Å². The van der Waals surface area contributed by atoms with Crippen molar-refractivity contribution in [3.8, 4) is 0 Å². The zero-order valence-electron chi connectivity index (χ0n) is 5.73. The Balaban J connectivity index is 2.59. The highest BCUT2D eigenvalue weighted by molar-refractivity contribution is 5.23. The minimum absolute atomic E-state index is 0.567. The minimum atomic E-state index is -0.671. The van der Waals surface area contributed by atoms with Gasteiger partial charge in [0.1, 0.15) is 12.0 Å². The van der Waals surface area contributed by atoms with Gasteiger partial charge in [0, 0.05) is 6.20 Å². The van der Waals surface area contributed by atoms with Crippen LogP contribution in [0.2, 0.25) is 0 Å². The molecule has 3 nitrogen and oxygen atoms in total. The Bertz CT molecular complexity index is 186. The van der Waals surface area contributed by atoms with E-state index < -0.39 is 6.23 Å². The minimum Gasteiger partial charge on any atom is -0.372 e. The fraction of sp³-hybridized carbons (Fsp3) is 0.286. The lowest BCUT2D eigenvalue weighted by Gasteiger charge is -2.02. The Kier molecular flexibility index (Phi) is 2.23. The molecule has 0 aliphatic heterocycles. The molecule has 0 saturated heterocycles. The normalized spacial score (nSPS) is 12.6. The largest absolute Gasteiger partial charge is 0.372 e. The van der Waals surface area contributed by atoms with Gasteiger partial charge in [-0.1, -0.05) is 6.07 Å². The van der Waals surface area contributed by atoms with Gasteiger partial charge in [0.05, 0.1) is 0 Å². The Hall–Kier alpha value is -1.09. The molecule has 1 N–H and O–H groups in total. The molecule has 10 heavy (non-hydrogen) atoms. The maximum absolute atomic E-state index is 8.80. The van der Waals surface area contributed by atoms with E-state index in [-0.39, 0.29) is 0 Å². The molecule has 0 bridgehead atoms. The van der Waals surface area contributed by atoms with Crippen LogP contribution in [0, 0.1) is 0 Å². The van der Waals surface area contributed by atoms with Crippen molar-refractivity contribution < 1.29 is 5.11 Å². The molecule has 3 heteroatoms. The molecule has 0 amide bonds. The van der Waals surface area contributed by atoms with Gasteiger partial charge >= 0.3 is 0 Å². The van der Waals surface area contributed by atoms with E-state index in [4.69, 9.17) is 5.11 Å². The van der Waals surface area contributed by atoms with E-state index in [1.54, 1.807) is 25.3 Å². The molecule has 1 rings (SSSR count). The molecular formula is C7H9N2O. The predicted octanol–water partition coefficient (Wildman–Crippen LogP) is 0.656. The zero-order chi connectivity index (χ0) is 7.40. The van der Waals surface area contributed by atoms with Crippen molar-refractivity contribution >= 4 is 5.82 Å². The first-order valence-electron chi connectivity index (χ1n) is 3.09. The maximum atomic E-state index is 8.80. The van der Waals surface area contributed by atoms with Crippen LogP contribution in [0.5, 0.6) is 0 Å². The molecule has 1 aromatic rings. The molecule has 1 heterocycles. The van der Waals surface area contributed by atoms with E-state index in [0.29, 0.717) is 5.82 Å². The van der Waals surface area contributed by atoms with Gasteiger partial charge in [0.2, 0.25) is 0 Å². The number of rotatable bonds is 2. The van der Waals surface area contributed by atoms with Crippen LogP contribution >= 0.6 is 0 Å². The van der Waals surface area contributed by atoms with Crippen molar-refractivity contribution in [2.45, 2.75) is 13.2 Å². The average molecular weight is 137 g/mol. The number of aromatic nitrogens is 1. The van der Waals surface area contributed by atoms with Crippen molar-refractivity contribution in [3.63, 3.8) is 0 Å². The van der Waals surface area contributed by atoms with Gasteiger partial charge in [0.25, 0.3) is 0 Å². The molecule has 1 aromatic heterocycles. The first-order valence-corrected chi connectivity index (χ1v) is 3.09. The third kappa shape index (κ3) is 2.03. The summed E-state index contributed by atoms with van der Waals surface area (Å²) < 4.78 is 0. The second-order valence-corrected chi connectivity index (χ2v) is 1.95. The SMILES string of the molecule is CC(O)[N]c1ccccn1. The monoisotopic (exact) mass is 137 g/mol. The van der Waals surface area contributed by atoms with Gasteiger partial charge in [-0.15, -0.1) is 0 Å². The quantitative estimate of drug-likeness (QED) is 0.650. The Morgan fingerprint density at radius 1 is 1.60 bits per heavy atom. The van der Waals surface area contributed by atoms with Gasteiger partial charge in [-0.25, -0.2) is 10.3 Å². The van der Waals surface area contributed by atoms with E-state index in [1.807, 2.05) is 6.07 Å². The van der Waals surface area contributed by atoms with Crippen LogP contribution in [0.4, 0.5) is 5.82 Å². The zero-order valence-corrected chi connectivity index (χ0v) is 5.73. The first kappa shape index (κ1) is 7.02. The summed E-state index contributed by atoms with van der Waals surface area (Å²) in [5.74, 6) is 0.567. The van der Waals surface area contributed by atoms with Gasteiger partial charge < -0.3 is 5.11 Å². The number of aliphatic hydroxyl groups excluding tert-OH is 1. The molecule has 53 valence electrons. The third-order valence-corrected chi connectivity index (χ3v) is 0.968. The van der Waals surface area contributed by atoms with Gasteiger partial charge in [-0.3, -0.25) is 0 Å². The fourth-order valence-electron chi connectivity index (χ4n) is 0.622. The number of aliphatic hydroxyl groups is 1. The molecule has 0 aromatic carbocycles. The third-order valence-electron chi connectivity index (χ3n) is 0.968. The second-order valence-electron chi connectivity index (χ2n) is 1.95. The summed E-state index contributed by atoms with van der Waals surface area (Å²) in [6, 6.07) is 5.38. The van der Waals surface area contributed by atoms with Crippen molar-refractivity contribution in [2.75, 3.05) is 0 Å². The van der Waals surface area contributed by atoms with E-state index in [9.17, 15) is 0 Å². The Morgan fingerprint density at radius 3 is 2.90 bits per heavy atom. The highest BCUT2D eigenvalue weighted by Crippen LogP contribution is 2.00. The van der Waals surface area contributed by atoms with Crippen LogP contribution in [0.1, 0.15) is 6.92 Å². The van der Waals surface area contributed by atoms with Crippen molar-refractivity contribution in [1.29, 1.82) is 0 Å². The molecule has 0 aliphatic carbocycles. The smallest absolute Gasteiger partial charge is 0.149 e. The lowest BCUT2D eigenvalue weighted by molar-refractivity contribution is 0.171. The van der Waals surface area contributed by atoms with E-state index >= 15 is 0 Å². The molecule has 0 saturated carbocycles. The summed E-state index contributed by atoms with van der Waals surface area (Å²) >= 11 is 0. The Morgan fingerprint density at radius 2 is 2.40 bits per heavy atom. The number of hydrogen-bond acceptors (Lipinski definition) is 2. The molecule has 0 fully saturated rings. The molecule has 1 unspecified atom stereocenters. The number of pyridine rings is 1. The second kappa shape index (κ2) is 3.17. The van der Waals surface area contributed by atoms with E-state index in [1.165, 1.54) is 0 Å². The number of nitrogens with zero attached hydrogens (tertiary/aromatic N) is 2. The molecular weight excluding hydrogens is 128 g/mol. The van der Waals surface area contributed by atoms with Crippen molar-refractivity contribution in [2.24, 2.45) is 0 Å².